The molecular weight excluding hydrogens is 451 g/mol. The Labute approximate surface area is 183 Å². The number of nitrogens with one attached hydrogen (secondary N) is 3. The van der Waals surface area contributed by atoms with Gasteiger partial charge in [0.1, 0.15) is 4.90 Å². The van der Waals surface area contributed by atoms with Crippen LogP contribution in [0.3, 0.4) is 0 Å². The van der Waals surface area contributed by atoms with E-state index in [1.165, 1.54) is 18.3 Å². The van der Waals surface area contributed by atoms with E-state index in [2.05, 4.69) is 20.9 Å². The Morgan fingerprint density at radius 2 is 1.77 bits per heavy atom. The van der Waals surface area contributed by atoms with Crippen molar-refractivity contribution in [1.29, 1.82) is 0 Å². The highest BCUT2D eigenvalue weighted by molar-refractivity contribution is 7.92. The van der Waals surface area contributed by atoms with Gasteiger partial charge in [-0.2, -0.15) is 0 Å². The van der Waals surface area contributed by atoms with Crippen LogP contribution in [0.5, 0.6) is 5.75 Å². The molecule has 4 rings (SSSR count). The van der Waals surface area contributed by atoms with Crippen LogP contribution in [0.15, 0.2) is 35.4 Å². The minimum atomic E-state index is -3.90. The molecule has 2 fully saturated rings. The number of urea groups is 1. The van der Waals surface area contributed by atoms with E-state index < -0.39 is 26.9 Å². The number of amides is 2. The number of nitrogens with zero attached hydrogens (tertiary/aromatic N) is 1. The molecule has 4 N–H and O–H groups in total. The lowest BCUT2D eigenvalue weighted by Crippen LogP contribution is -2.43. The molecule has 2 aliphatic rings. The SMILES string of the molecule is O=C(Nc1cccnc1Cl)Nc1ccc(Cl)c(S(=O)(=O)C2C[C@H]3CC[C@H](C2)N3)c1O. The highest BCUT2D eigenvalue weighted by Crippen LogP contribution is 2.42. The molecule has 2 bridgehead atoms. The fourth-order valence-electron chi connectivity index (χ4n) is 4.10. The summed E-state index contributed by atoms with van der Waals surface area (Å²) in [6, 6.07) is 5.42. The van der Waals surface area contributed by atoms with Crippen LogP contribution in [0.1, 0.15) is 25.7 Å². The number of phenolic OH excluding ortho intramolecular Hbond substituents is 1. The van der Waals surface area contributed by atoms with Crippen molar-refractivity contribution in [2.75, 3.05) is 10.6 Å². The van der Waals surface area contributed by atoms with E-state index in [-0.39, 0.29) is 38.5 Å². The molecular formula is C19H20Cl2N4O4S. The van der Waals surface area contributed by atoms with Gasteiger partial charge >= 0.3 is 6.03 Å². The first-order valence-electron chi connectivity index (χ1n) is 9.45. The first kappa shape index (κ1) is 21.2. The van der Waals surface area contributed by atoms with Gasteiger partial charge in [-0.25, -0.2) is 18.2 Å². The number of aromatic nitrogens is 1. The van der Waals surface area contributed by atoms with Crippen molar-refractivity contribution in [1.82, 2.24) is 10.3 Å². The van der Waals surface area contributed by atoms with Gasteiger partial charge in [0.25, 0.3) is 0 Å². The van der Waals surface area contributed by atoms with Crippen LogP contribution >= 0.6 is 23.2 Å². The third-order valence-corrected chi connectivity index (χ3v) is 8.47. The second-order valence-corrected chi connectivity index (χ2v) is 10.4. The largest absolute Gasteiger partial charge is 0.504 e. The molecule has 2 saturated heterocycles. The monoisotopic (exact) mass is 470 g/mol. The van der Waals surface area contributed by atoms with Crippen LogP contribution < -0.4 is 16.0 Å². The van der Waals surface area contributed by atoms with Crippen LogP contribution in [0, 0.1) is 0 Å². The molecule has 0 saturated carbocycles. The quantitative estimate of drug-likeness (QED) is 0.398. The molecule has 2 amide bonds. The van der Waals surface area contributed by atoms with Crippen molar-refractivity contribution >= 4 is 50.4 Å². The Bertz CT molecular complexity index is 1080. The van der Waals surface area contributed by atoms with E-state index in [9.17, 15) is 18.3 Å². The van der Waals surface area contributed by atoms with Crippen LogP contribution in [0.25, 0.3) is 0 Å². The van der Waals surface area contributed by atoms with Crippen molar-refractivity contribution in [3.8, 4) is 5.75 Å². The average molecular weight is 471 g/mol. The summed E-state index contributed by atoms with van der Waals surface area (Å²) in [6.07, 6.45) is 4.28. The molecule has 3 heterocycles. The number of piperidine rings is 1. The third-order valence-electron chi connectivity index (χ3n) is 5.49. The zero-order valence-electron chi connectivity index (χ0n) is 15.7. The minimum Gasteiger partial charge on any atom is -0.504 e. The van der Waals surface area contributed by atoms with E-state index in [1.807, 2.05) is 0 Å². The molecule has 2 aromatic rings. The van der Waals surface area contributed by atoms with E-state index >= 15 is 0 Å². The number of phenols is 1. The van der Waals surface area contributed by atoms with Gasteiger partial charge in [0.05, 0.1) is 21.6 Å². The summed E-state index contributed by atoms with van der Waals surface area (Å²) in [7, 11) is -3.90. The van der Waals surface area contributed by atoms with Crippen molar-refractivity contribution in [3.05, 3.63) is 40.6 Å². The van der Waals surface area contributed by atoms with Crippen molar-refractivity contribution < 1.29 is 18.3 Å². The maximum Gasteiger partial charge on any atom is 0.323 e. The van der Waals surface area contributed by atoms with Gasteiger partial charge in [-0.15, -0.1) is 0 Å². The lowest BCUT2D eigenvalue weighted by atomic mass is 10.1. The number of rotatable bonds is 4. The number of fused-ring (bicyclic) bond motifs is 2. The molecule has 0 spiro atoms. The second kappa shape index (κ2) is 8.22. The first-order valence-corrected chi connectivity index (χ1v) is 11.8. The topological polar surface area (TPSA) is 120 Å². The summed E-state index contributed by atoms with van der Waals surface area (Å²) in [5.74, 6) is -0.583. The Hall–Kier alpha value is -2.07. The summed E-state index contributed by atoms with van der Waals surface area (Å²) >= 11 is 12.1. The number of hydrogen-bond acceptors (Lipinski definition) is 6. The predicted octanol–water partition coefficient (Wildman–Crippen LogP) is 3.79. The first-order chi connectivity index (χ1) is 14.3. The van der Waals surface area contributed by atoms with Crippen LogP contribution in [0.2, 0.25) is 10.2 Å². The van der Waals surface area contributed by atoms with Gasteiger partial charge in [-0.1, -0.05) is 23.2 Å². The van der Waals surface area contributed by atoms with Gasteiger partial charge in [0, 0.05) is 18.3 Å². The molecule has 11 heteroatoms. The number of halogens is 2. The van der Waals surface area contributed by atoms with Crippen LogP contribution in [-0.2, 0) is 9.84 Å². The Balaban J connectivity index is 1.59. The van der Waals surface area contributed by atoms with Gasteiger partial charge < -0.3 is 21.1 Å². The summed E-state index contributed by atoms with van der Waals surface area (Å²) in [5, 5.41) is 18.4. The summed E-state index contributed by atoms with van der Waals surface area (Å²) in [6.45, 7) is 0. The lowest BCUT2D eigenvalue weighted by Gasteiger charge is -2.29. The third kappa shape index (κ3) is 4.07. The zero-order valence-corrected chi connectivity index (χ0v) is 18.1. The van der Waals surface area contributed by atoms with Crippen molar-refractivity contribution in [3.63, 3.8) is 0 Å². The highest BCUT2D eigenvalue weighted by Gasteiger charge is 2.42. The lowest BCUT2D eigenvalue weighted by molar-refractivity contribution is 0.262. The smallest absolute Gasteiger partial charge is 0.323 e. The summed E-state index contributed by atoms with van der Waals surface area (Å²) in [4.78, 5) is 15.8. The Morgan fingerprint density at radius 1 is 1.10 bits per heavy atom. The van der Waals surface area contributed by atoms with E-state index in [1.54, 1.807) is 12.1 Å². The highest BCUT2D eigenvalue weighted by atomic mass is 35.5. The number of pyridine rings is 1. The van der Waals surface area contributed by atoms with Gasteiger partial charge in [-0.3, -0.25) is 0 Å². The molecule has 2 atom stereocenters. The van der Waals surface area contributed by atoms with Gasteiger partial charge in [0.2, 0.25) is 0 Å². The Morgan fingerprint density at radius 3 is 2.43 bits per heavy atom. The molecule has 2 aliphatic heterocycles. The maximum absolute atomic E-state index is 13.3. The molecule has 1 aromatic carbocycles. The molecule has 8 nitrogen and oxygen atoms in total. The standard InChI is InChI=1S/C19H20Cl2N4O4S/c20-13-5-6-14(24-19(27)25-15-2-1-7-22-18(15)21)16(26)17(13)30(28,29)12-8-10-3-4-11(9-12)23-10/h1-2,5-7,10-12,23,26H,3-4,8-9H2,(H2,24,25,27)/t10-,11-/m1/s1. The second-order valence-electron chi connectivity index (χ2n) is 7.47. The number of sulfone groups is 1. The summed E-state index contributed by atoms with van der Waals surface area (Å²) in [5.41, 5.74) is 0.190. The number of hydrogen-bond donors (Lipinski definition) is 4. The van der Waals surface area contributed by atoms with Crippen LogP contribution in [-0.4, -0.2) is 41.9 Å². The van der Waals surface area contributed by atoms with E-state index in [0.717, 1.165) is 12.8 Å². The maximum atomic E-state index is 13.3. The molecule has 160 valence electrons. The molecule has 1 aromatic heterocycles. The molecule has 0 unspecified atom stereocenters. The van der Waals surface area contributed by atoms with Crippen molar-refractivity contribution in [2.24, 2.45) is 0 Å². The molecule has 0 radical (unpaired) electrons. The number of aromatic hydroxyl groups is 1. The minimum absolute atomic E-state index is 0.0765. The van der Waals surface area contributed by atoms with Crippen molar-refractivity contribution in [2.45, 2.75) is 47.9 Å². The molecule has 0 aliphatic carbocycles. The van der Waals surface area contributed by atoms with Gasteiger partial charge in [-0.05, 0) is 49.9 Å². The zero-order chi connectivity index (χ0) is 21.5. The van der Waals surface area contributed by atoms with Gasteiger partial charge in [0.15, 0.2) is 20.7 Å². The number of carbonyl (C=O) groups excluding carboxylic acids is 1. The predicted molar refractivity (Wildman–Crippen MR) is 115 cm³/mol. The fraction of sp³-hybridized carbons (Fsp3) is 0.368. The average Bonchev–Trinajstić information content (AvgIpc) is 3.03. The molecule has 30 heavy (non-hydrogen) atoms. The number of carbonyl (C=O) groups is 1. The van der Waals surface area contributed by atoms with E-state index in [0.29, 0.717) is 12.8 Å². The summed E-state index contributed by atoms with van der Waals surface area (Å²) < 4.78 is 26.6. The number of anilines is 2. The van der Waals surface area contributed by atoms with E-state index in [4.69, 9.17) is 23.2 Å². The normalized spacial score (nSPS) is 23.2. The number of benzene rings is 1. The van der Waals surface area contributed by atoms with Crippen LogP contribution in [0.4, 0.5) is 16.2 Å². The fourth-order valence-corrected chi connectivity index (χ4v) is 6.76. The Kier molecular flexibility index (Phi) is 5.80.